The summed E-state index contributed by atoms with van der Waals surface area (Å²) < 4.78 is 42.9. The van der Waals surface area contributed by atoms with Crippen molar-refractivity contribution >= 4 is 10.0 Å². The minimum Gasteiger partial charge on any atom is -0.490 e. The Balaban J connectivity index is 2.46. The zero-order valence-corrected chi connectivity index (χ0v) is 11.6. The molecule has 0 aliphatic rings. The van der Waals surface area contributed by atoms with Crippen LogP contribution in [0, 0.1) is 12.7 Å². The predicted octanol–water partition coefficient (Wildman–Crippen LogP) is 1.79. The summed E-state index contributed by atoms with van der Waals surface area (Å²) >= 11 is 0. The monoisotopic (exact) mass is 275 g/mol. The van der Waals surface area contributed by atoms with Gasteiger partial charge in [-0.15, -0.1) is 0 Å². The molecule has 0 N–H and O–H groups in total. The fourth-order valence-electron chi connectivity index (χ4n) is 1.34. The molecule has 0 unspecified atom stereocenters. The first-order valence-corrected chi connectivity index (χ1v) is 7.23. The van der Waals surface area contributed by atoms with E-state index < -0.39 is 15.8 Å². The van der Waals surface area contributed by atoms with Crippen LogP contribution in [0.5, 0.6) is 5.75 Å². The van der Waals surface area contributed by atoms with Gasteiger partial charge in [0.25, 0.3) is 0 Å². The highest BCUT2D eigenvalue weighted by Crippen LogP contribution is 2.19. The summed E-state index contributed by atoms with van der Waals surface area (Å²) in [6.07, 6.45) is 0.327. The van der Waals surface area contributed by atoms with E-state index in [0.29, 0.717) is 12.0 Å². The molecule has 6 heteroatoms. The van der Waals surface area contributed by atoms with Gasteiger partial charge in [0.15, 0.2) is 11.6 Å². The van der Waals surface area contributed by atoms with Crippen LogP contribution in [0.2, 0.25) is 0 Å². The second-order valence-corrected chi connectivity index (χ2v) is 6.49. The van der Waals surface area contributed by atoms with Crippen LogP contribution in [-0.2, 0) is 10.0 Å². The zero-order valence-electron chi connectivity index (χ0n) is 10.8. The first-order chi connectivity index (χ1) is 8.34. The maximum atomic E-state index is 13.5. The fourth-order valence-corrected chi connectivity index (χ4v) is 2.19. The maximum Gasteiger partial charge on any atom is 0.213 e. The quantitative estimate of drug-likeness (QED) is 0.744. The Morgan fingerprint density at radius 3 is 2.61 bits per heavy atom. The normalized spacial score (nSPS) is 11.8. The average molecular weight is 275 g/mol. The summed E-state index contributed by atoms with van der Waals surface area (Å²) in [4.78, 5) is 0. The summed E-state index contributed by atoms with van der Waals surface area (Å²) in [5, 5.41) is 0. The van der Waals surface area contributed by atoms with Gasteiger partial charge in [-0.1, -0.05) is 12.1 Å². The highest BCUT2D eigenvalue weighted by molar-refractivity contribution is 7.89. The van der Waals surface area contributed by atoms with Crippen LogP contribution in [0.15, 0.2) is 18.2 Å². The molecule has 1 aromatic carbocycles. The minimum atomic E-state index is -3.21. The molecule has 0 bridgehead atoms. The van der Waals surface area contributed by atoms with Crippen LogP contribution >= 0.6 is 0 Å². The number of halogens is 1. The van der Waals surface area contributed by atoms with E-state index in [1.54, 1.807) is 19.1 Å². The third kappa shape index (κ3) is 3.96. The van der Waals surface area contributed by atoms with Crippen LogP contribution in [0.25, 0.3) is 0 Å². The minimum absolute atomic E-state index is 0.00651. The molecule has 0 aliphatic carbocycles. The number of ether oxygens (including phenoxy) is 1. The van der Waals surface area contributed by atoms with Gasteiger partial charge in [-0.25, -0.2) is 17.1 Å². The fraction of sp³-hybridized carbons (Fsp3) is 0.500. The number of aryl methyl sites for hydroxylation is 1. The highest BCUT2D eigenvalue weighted by Gasteiger charge is 2.13. The summed E-state index contributed by atoms with van der Waals surface area (Å²) in [6.45, 7) is 1.83. The molecule has 0 heterocycles. The van der Waals surface area contributed by atoms with Crippen LogP contribution in [0.3, 0.4) is 0 Å². The molecule has 0 radical (unpaired) electrons. The lowest BCUT2D eigenvalue weighted by atomic mass is 10.2. The average Bonchev–Trinajstić information content (AvgIpc) is 2.29. The van der Waals surface area contributed by atoms with Crippen molar-refractivity contribution in [3.8, 4) is 5.75 Å². The van der Waals surface area contributed by atoms with Crippen molar-refractivity contribution in [3.63, 3.8) is 0 Å². The highest BCUT2D eigenvalue weighted by atomic mass is 32.2. The Hall–Kier alpha value is -1.14. The summed E-state index contributed by atoms with van der Waals surface area (Å²) in [5.41, 5.74) is 0.508. The molecule has 0 aromatic heterocycles. The van der Waals surface area contributed by atoms with Crippen molar-refractivity contribution in [3.05, 3.63) is 29.6 Å². The molecule has 0 saturated carbocycles. The van der Waals surface area contributed by atoms with Crippen molar-refractivity contribution in [2.75, 3.05) is 26.5 Å². The molecular weight excluding hydrogens is 257 g/mol. The topological polar surface area (TPSA) is 46.6 Å². The largest absolute Gasteiger partial charge is 0.490 e. The zero-order chi connectivity index (χ0) is 13.8. The van der Waals surface area contributed by atoms with Crippen LogP contribution in [0.1, 0.15) is 12.0 Å². The summed E-state index contributed by atoms with van der Waals surface area (Å²) in [5.74, 6) is -0.238. The van der Waals surface area contributed by atoms with E-state index in [0.717, 1.165) is 0 Å². The van der Waals surface area contributed by atoms with Gasteiger partial charge in [0, 0.05) is 14.1 Å². The van der Waals surface area contributed by atoms with Crippen LogP contribution in [0.4, 0.5) is 4.39 Å². The van der Waals surface area contributed by atoms with Crippen molar-refractivity contribution in [2.24, 2.45) is 0 Å². The molecule has 0 atom stereocenters. The van der Waals surface area contributed by atoms with Crippen LogP contribution in [-0.4, -0.2) is 39.2 Å². The number of hydrogen-bond donors (Lipinski definition) is 0. The Morgan fingerprint density at radius 2 is 2.00 bits per heavy atom. The molecule has 18 heavy (non-hydrogen) atoms. The number of nitrogens with zero attached hydrogens (tertiary/aromatic N) is 1. The van der Waals surface area contributed by atoms with Crippen molar-refractivity contribution in [1.82, 2.24) is 4.31 Å². The predicted molar refractivity (Wildman–Crippen MR) is 68.7 cm³/mol. The second kappa shape index (κ2) is 6.15. The maximum absolute atomic E-state index is 13.5. The number of sulfonamides is 1. The van der Waals surface area contributed by atoms with Gasteiger partial charge in [-0.05, 0) is 25.0 Å². The van der Waals surface area contributed by atoms with Gasteiger partial charge in [0.2, 0.25) is 10.0 Å². The van der Waals surface area contributed by atoms with Gasteiger partial charge in [-0.2, -0.15) is 0 Å². The van der Waals surface area contributed by atoms with Crippen molar-refractivity contribution in [1.29, 1.82) is 0 Å². The first kappa shape index (κ1) is 14.9. The molecular formula is C12H18FNO3S. The van der Waals surface area contributed by atoms with Crippen LogP contribution < -0.4 is 4.74 Å². The third-order valence-corrected chi connectivity index (χ3v) is 4.43. The van der Waals surface area contributed by atoms with E-state index in [1.807, 2.05) is 0 Å². The molecule has 0 saturated heterocycles. The van der Waals surface area contributed by atoms with Gasteiger partial charge >= 0.3 is 0 Å². The Bertz CT molecular complexity index is 500. The molecule has 0 fully saturated rings. The molecule has 1 aromatic rings. The van der Waals surface area contributed by atoms with E-state index in [1.165, 1.54) is 24.5 Å². The van der Waals surface area contributed by atoms with Crippen molar-refractivity contribution < 1.29 is 17.5 Å². The second-order valence-electron chi connectivity index (χ2n) is 4.19. The molecule has 0 aliphatic heterocycles. The smallest absolute Gasteiger partial charge is 0.213 e. The standard InChI is InChI=1S/C12H18FNO3S/c1-10-6-4-7-11(12(10)13)17-8-5-9-18(15,16)14(2)3/h4,6-7H,5,8-9H2,1-3H3. The molecule has 0 spiro atoms. The number of rotatable bonds is 6. The van der Waals surface area contributed by atoms with E-state index >= 15 is 0 Å². The van der Waals surface area contributed by atoms with E-state index in [-0.39, 0.29) is 18.1 Å². The van der Waals surface area contributed by atoms with Gasteiger partial charge in [0.1, 0.15) is 0 Å². The van der Waals surface area contributed by atoms with Crippen molar-refractivity contribution in [2.45, 2.75) is 13.3 Å². The lowest BCUT2D eigenvalue weighted by Gasteiger charge is -2.12. The SMILES string of the molecule is Cc1cccc(OCCCS(=O)(=O)N(C)C)c1F. The van der Waals surface area contributed by atoms with Gasteiger partial charge < -0.3 is 4.74 Å². The third-order valence-electron chi connectivity index (χ3n) is 2.52. The van der Waals surface area contributed by atoms with E-state index in [4.69, 9.17) is 4.74 Å². The van der Waals surface area contributed by atoms with Gasteiger partial charge in [-0.3, -0.25) is 0 Å². The number of benzene rings is 1. The lowest BCUT2D eigenvalue weighted by molar-refractivity contribution is 0.300. The summed E-state index contributed by atoms with van der Waals surface area (Å²) in [6, 6.07) is 4.88. The summed E-state index contributed by atoms with van der Waals surface area (Å²) in [7, 11) is -0.246. The molecule has 0 amide bonds. The van der Waals surface area contributed by atoms with Gasteiger partial charge in [0.05, 0.1) is 12.4 Å². The van der Waals surface area contributed by atoms with E-state index in [9.17, 15) is 12.8 Å². The lowest BCUT2D eigenvalue weighted by Crippen LogP contribution is -2.25. The Kier molecular flexibility index (Phi) is 5.10. The Labute approximate surface area is 107 Å². The van der Waals surface area contributed by atoms with E-state index in [2.05, 4.69) is 0 Å². The molecule has 4 nitrogen and oxygen atoms in total. The molecule has 1 rings (SSSR count). The first-order valence-electron chi connectivity index (χ1n) is 5.62. The molecule has 102 valence electrons. The number of hydrogen-bond acceptors (Lipinski definition) is 3. The Morgan fingerprint density at radius 1 is 1.33 bits per heavy atom.